The van der Waals surface area contributed by atoms with E-state index < -0.39 is 0 Å². The Kier molecular flexibility index (Phi) is 7.54. The van der Waals surface area contributed by atoms with Gasteiger partial charge in [-0.25, -0.2) is 0 Å². The molecule has 8 rings (SSSR count). The molecule has 1 aliphatic heterocycles. The first-order chi connectivity index (χ1) is 22.8. The normalized spacial score (nSPS) is 14.4. The quantitative estimate of drug-likeness (QED) is 0.186. The van der Waals surface area contributed by atoms with Crippen LogP contribution in [-0.2, 0) is 6.54 Å². The van der Waals surface area contributed by atoms with Crippen molar-refractivity contribution in [3.63, 3.8) is 0 Å². The highest BCUT2D eigenvalue weighted by Crippen LogP contribution is 2.36. The van der Waals surface area contributed by atoms with E-state index in [9.17, 15) is 0 Å². The predicted molar refractivity (Wildman–Crippen MR) is 196 cm³/mol. The van der Waals surface area contributed by atoms with Crippen molar-refractivity contribution in [2.75, 3.05) is 16.8 Å². The van der Waals surface area contributed by atoms with Crippen LogP contribution in [0.4, 0.5) is 17.1 Å². The van der Waals surface area contributed by atoms with Crippen LogP contribution in [0.3, 0.4) is 0 Å². The summed E-state index contributed by atoms with van der Waals surface area (Å²) in [5.74, 6) is 0. The van der Waals surface area contributed by atoms with Crippen LogP contribution < -0.4 is 10.2 Å². The van der Waals surface area contributed by atoms with Crippen molar-refractivity contribution in [2.24, 2.45) is 0 Å². The van der Waals surface area contributed by atoms with Crippen molar-refractivity contribution in [1.82, 2.24) is 0 Å². The molecule has 0 atom stereocenters. The van der Waals surface area contributed by atoms with Gasteiger partial charge in [0.25, 0.3) is 0 Å². The average molecular weight is 593 g/mol. The van der Waals surface area contributed by atoms with Gasteiger partial charge < -0.3 is 10.2 Å². The molecule has 0 unspecified atom stereocenters. The maximum Gasteiger partial charge on any atom is 0.0481 e. The molecule has 1 aliphatic carbocycles. The molecule has 1 heterocycles. The van der Waals surface area contributed by atoms with E-state index in [4.69, 9.17) is 0 Å². The molecule has 6 aromatic carbocycles. The zero-order valence-electron chi connectivity index (χ0n) is 25.9. The third-order valence-electron chi connectivity index (χ3n) is 9.24. The Balaban J connectivity index is 1.04. The molecule has 222 valence electrons. The Labute approximate surface area is 271 Å². The molecule has 2 aliphatic rings. The van der Waals surface area contributed by atoms with Crippen molar-refractivity contribution in [3.8, 4) is 22.3 Å². The van der Waals surface area contributed by atoms with E-state index in [1.165, 1.54) is 72.4 Å². The molecular weight excluding hydrogens is 556 g/mol. The molecule has 0 saturated carbocycles. The lowest BCUT2D eigenvalue weighted by Crippen LogP contribution is -2.16. The van der Waals surface area contributed by atoms with E-state index in [1.807, 2.05) is 0 Å². The van der Waals surface area contributed by atoms with E-state index in [-0.39, 0.29) is 0 Å². The van der Waals surface area contributed by atoms with Crippen LogP contribution in [0.1, 0.15) is 24.0 Å². The van der Waals surface area contributed by atoms with Crippen LogP contribution in [0, 0.1) is 0 Å². The Bertz CT molecular complexity index is 2090. The molecule has 0 radical (unpaired) electrons. The third kappa shape index (κ3) is 5.78. The molecule has 2 heteroatoms. The van der Waals surface area contributed by atoms with Gasteiger partial charge in [0, 0.05) is 35.7 Å². The minimum Gasteiger partial charge on any atom is -0.380 e. The van der Waals surface area contributed by atoms with Gasteiger partial charge in [-0.05, 0) is 93.4 Å². The predicted octanol–water partition coefficient (Wildman–Crippen LogP) is 11.6. The second-order valence-electron chi connectivity index (χ2n) is 12.2. The number of benzene rings is 6. The Morgan fingerprint density at radius 2 is 1.17 bits per heavy atom. The smallest absolute Gasteiger partial charge is 0.0481 e. The summed E-state index contributed by atoms with van der Waals surface area (Å²) >= 11 is 0. The summed E-state index contributed by atoms with van der Waals surface area (Å²) < 4.78 is 0. The van der Waals surface area contributed by atoms with Crippen molar-refractivity contribution >= 4 is 33.4 Å². The van der Waals surface area contributed by atoms with Gasteiger partial charge in [0.15, 0.2) is 0 Å². The second-order valence-corrected chi connectivity index (χ2v) is 12.2. The van der Waals surface area contributed by atoms with Crippen molar-refractivity contribution in [3.05, 3.63) is 181 Å². The fourth-order valence-electron chi connectivity index (χ4n) is 6.62. The van der Waals surface area contributed by atoms with Gasteiger partial charge in [-0.2, -0.15) is 0 Å². The van der Waals surface area contributed by atoms with Crippen LogP contribution >= 0.6 is 0 Å². The molecule has 0 spiro atoms. The van der Waals surface area contributed by atoms with Crippen LogP contribution in [0.15, 0.2) is 169 Å². The summed E-state index contributed by atoms with van der Waals surface area (Å²) in [6.45, 7) is 1.68. The number of allylic oxidation sites excluding steroid dienone is 5. The SMILES string of the molecule is C1=CCC(=C/C=C2\CNc3ccc(-c4ccc(-c5ccc(N(Cc6ccccc6)c6ccc7ccccc7c6)cc5)cc4)cc32)C1. The molecule has 0 bridgehead atoms. The average Bonchev–Trinajstić information content (AvgIpc) is 3.80. The number of nitrogens with one attached hydrogen (secondary N) is 1. The number of fused-ring (bicyclic) bond motifs is 2. The lowest BCUT2D eigenvalue weighted by molar-refractivity contribution is 0.977. The first-order valence-corrected chi connectivity index (χ1v) is 16.2. The molecule has 6 aromatic rings. The molecule has 1 N–H and O–H groups in total. The highest BCUT2D eigenvalue weighted by atomic mass is 15.1. The topological polar surface area (TPSA) is 15.3 Å². The number of hydrogen-bond donors (Lipinski definition) is 1. The Morgan fingerprint density at radius 3 is 1.93 bits per heavy atom. The zero-order valence-corrected chi connectivity index (χ0v) is 25.9. The zero-order chi connectivity index (χ0) is 30.7. The summed E-state index contributed by atoms with van der Waals surface area (Å²) in [6.07, 6.45) is 11.3. The molecule has 2 nitrogen and oxygen atoms in total. The number of hydrogen-bond acceptors (Lipinski definition) is 2. The molecule has 0 aromatic heterocycles. The summed E-state index contributed by atoms with van der Waals surface area (Å²) in [7, 11) is 0. The summed E-state index contributed by atoms with van der Waals surface area (Å²) in [6, 6.07) is 50.8. The standard InChI is InChI=1S/C44H36N2/c1-2-10-33(11-3-1)31-46(42-26-22-34-12-6-7-13-38(34)28-42)41-24-20-36(21-25-41)35-16-18-37(19-17-35)39-23-27-44-43(29-39)40(30-45-44)15-14-32-8-4-5-9-32/h1-7,10-29,45H,8-9,30-31H2/b40-15+. The highest BCUT2D eigenvalue weighted by molar-refractivity contribution is 5.89. The summed E-state index contributed by atoms with van der Waals surface area (Å²) in [5.41, 5.74) is 13.9. The Hall–Kier alpha value is -5.60. The van der Waals surface area contributed by atoms with Crippen molar-refractivity contribution < 1.29 is 0 Å². The van der Waals surface area contributed by atoms with E-state index in [2.05, 4.69) is 174 Å². The van der Waals surface area contributed by atoms with Gasteiger partial charge in [-0.1, -0.05) is 133 Å². The second kappa shape index (κ2) is 12.4. The first kappa shape index (κ1) is 27.9. The highest BCUT2D eigenvalue weighted by Gasteiger charge is 2.16. The molecular formula is C44H36N2. The van der Waals surface area contributed by atoms with Gasteiger partial charge in [0.05, 0.1) is 0 Å². The molecule has 0 fully saturated rings. The lowest BCUT2D eigenvalue weighted by atomic mass is 9.97. The third-order valence-corrected chi connectivity index (χ3v) is 9.24. The van der Waals surface area contributed by atoms with Gasteiger partial charge in [-0.3, -0.25) is 0 Å². The maximum atomic E-state index is 3.56. The van der Waals surface area contributed by atoms with E-state index in [0.717, 1.165) is 25.9 Å². The van der Waals surface area contributed by atoms with E-state index in [0.29, 0.717) is 0 Å². The van der Waals surface area contributed by atoms with Crippen molar-refractivity contribution in [1.29, 1.82) is 0 Å². The van der Waals surface area contributed by atoms with E-state index >= 15 is 0 Å². The monoisotopic (exact) mass is 592 g/mol. The molecule has 46 heavy (non-hydrogen) atoms. The fourth-order valence-corrected chi connectivity index (χ4v) is 6.62. The summed E-state index contributed by atoms with van der Waals surface area (Å²) in [4.78, 5) is 2.40. The number of rotatable bonds is 7. The molecule has 0 saturated heterocycles. The van der Waals surface area contributed by atoms with Gasteiger partial charge in [0.1, 0.15) is 0 Å². The number of anilines is 3. The van der Waals surface area contributed by atoms with Gasteiger partial charge in [0.2, 0.25) is 0 Å². The minimum absolute atomic E-state index is 0.801. The fraction of sp³-hybridized carbons (Fsp3) is 0.0909. The number of nitrogens with zero attached hydrogens (tertiary/aromatic N) is 1. The van der Waals surface area contributed by atoms with Crippen LogP contribution in [0.5, 0.6) is 0 Å². The maximum absolute atomic E-state index is 3.56. The lowest BCUT2D eigenvalue weighted by Gasteiger charge is -2.26. The van der Waals surface area contributed by atoms with Crippen LogP contribution in [-0.4, -0.2) is 6.54 Å². The minimum atomic E-state index is 0.801. The van der Waals surface area contributed by atoms with E-state index in [1.54, 1.807) is 0 Å². The van der Waals surface area contributed by atoms with Gasteiger partial charge >= 0.3 is 0 Å². The van der Waals surface area contributed by atoms with Crippen LogP contribution in [0.2, 0.25) is 0 Å². The van der Waals surface area contributed by atoms with Crippen molar-refractivity contribution in [2.45, 2.75) is 19.4 Å². The largest absolute Gasteiger partial charge is 0.380 e. The molecule has 0 amide bonds. The van der Waals surface area contributed by atoms with Crippen LogP contribution in [0.25, 0.3) is 38.6 Å². The summed E-state index contributed by atoms with van der Waals surface area (Å²) in [5, 5.41) is 6.07. The Morgan fingerprint density at radius 1 is 0.543 bits per heavy atom. The van der Waals surface area contributed by atoms with Gasteiger partial charge in [-0.15, -0.1) is 0 Å². The first-order valence-electron chi connectivity index (χ1n) is 16.2.